The van der Waals surface area contributed by atoms with Crippen molar-refractivity contribution < 1.29 is 9.31 Å². The summed E-state index contributed by atoms with van der Waals surface area (Å²) in [5.41, 5.74) is 1.39. The summed E-state index contributed by atoms with van der Waals surface area (Å²) < 4.78 is 11.3. The monoisotopic (exact) mass is 215 g/mol. The van der Waals surface area contributed by atoms with Crippen LogP contribution in [0.4, 0.5) is 0 Å². The SMILES string of the molecule is CC(C)(C)C1OB(c2ccccc2C#N)O1. The molecule has 0 saturated carbocycles. The molecule has 0 bridgehead atoms. The van der Waals surface area contributed by atoms with Crippen molar-refractivity contribution in [2.24, 2.45) is 5.41 Å². The number of nitriles is 1. The van der Waals surface area contributed by atoms with Crippen LogP contribution in [0.1, 0.15) is 26.3 Å². The lowest BCUT2D eigenvalue weighted by atomic mass is 9.72. The lowest BCUT2D eigenvalue weighted by Crippen LogP contribution is -2.58. The minimum absolute atomic E-state index is 0.0297. The van der Waals surface area contributed by atoms with Crippen molar-refractivity contribution in [2.45, 2.75) is 27.1 Å². The molecule has 0 N–H and O–H groups in total. The first-order valence-electron chi connectivity index (χ1n) is 5.32. The molecule has 1 aromatic carbocycles. The summed E-state index contributed by atoms with van der Waals surface area (Å²) in [7, 11) is -0.389. The molecule has 0 radical (unpaired) electrons. The Morgan fingerprint density at radius 3 is 2.44 bits per heavy atom. The van der Waals surface area contributed by atoms with Crippen LogP contribution in [0.5, 0.6) is 0 Å². The van der Waals surface area contributed by atoms with Crippen LogP contribution < -0.4 is 5.46 Å². The van der Waals surface area contributed by atoms with Gasteiger partial charge in [-0.2, -0.15) is 5.26 Å². The molecule has 0 aliphatic carbocycles. The summed E-state index contributed by atoms with van der Waals surface area (Å²) in [5.74, 6) is 0. The van der Waals surface area contributed by atoms with Crippen LogP contribution in [0.2, 0.25) is 0 Å². The molecule has 1 aliphatic rings. The van der Waals surface area contributed by atoms with Crippen molar-refractivity contribution in [1.82, 2.24) is 0 Å². The van der Waals surface area contributed by atoms with Gasteiger partial charge in [-0.05, 0) is 6.07 Å². The zero-order chi connectivity index (χ0) is 11.8. The lowest BCUT2D eigenvalue weighted by Gasteiger charge is -2.42. The maximum absolute atomic E-state index is 8.95. The van der Waals surface area contributed by atoms with E-state index in [2.05, 4.69) is 26.8 Å². The maximum Gasteiger partial charge on any atom is 0.498 e. The highest BCUT2D eigenvalue weighted by molar-refractivity contribution is 6.63. The second-order valence-corrected chi connectivity index (χ2v) is 5.00. The molecular weight excluding hydrogens is 201 g/mol. The molecule has 3 nitrogen and oxygen atoms in total. The van der Waals surface area contributed by atoms with E-state index >= 15 is 0 Å². The van der Waals surface area contributed by atoms with Gasteiger partial charge in [0.2, 0.25) is 0 Å². The van der Waals surface area contributed by atoms with Crippen LogP contribution in [-0.4, -0.2) is 13.4 Å². The molecule has 0 amide bonds. The van der Waals surface area contributed by atoms with Gasteiger partial charge in [-0.15, -0.1) is 0 Å². The van der Waals surface area contributed by atoms with Gasteiger partial charge in [-0.3, -0.25) is 0 Å². The fraction of sp³-hybridized carbons (Fsp3) is 0.417. The second-order valence-electron chi connectivity index (χ2n) is 5.00. The molecule has 2 rings (SSSR count). The van der Waals surface area contributed by atoms with Gasteiger partial charge in [-0.1, -0.05) is 39.0 Å². The van der Waals surface area contributed by atoms with Crippen LogP contribution in [0.15, 0.2) is 24.3 Å². The Balaban J connectivity index is 2.10. The van der Waals surface area contributed by atoms with E-state index in [1.54, 1.807) is 6.07 Å². The van der Waals surface area contributed by atoms with Crippen LogP contribution in [0, 0.1) is 16.7 Å². The van der Waals surface area contributed by atoms with E-state index in [0.717, 1.165) is 5.46 Å². The highest BCUT2D eigenvalue weighted by Crippen LogP contribution is 2.30. The molecule has 1 saturated heterocycles. The Morgan fingerprint density at radius 1 is 1.25 bits per heavy atom. The molecular formula is C12H14BNO2. The fourth-order valence-corrected chi connectivity index (χ4v) is 1.59. The van der Waals surface area contributed by atoms with E-state index in [1.807, 2.05) is 18.2 Å². The van der Waals surface area contributed by atoms with Crippen molar-refractivity contribution in [3.63, 3.8) is 0 Å². The predicted molar refractivity (Wildman–Crippen MR) is 62.0 cm³/mol. The number of hydrogen-bond donors (Lipinski definition) is 0. The zero-order valence-electron chi connectivity index (χ0n) is 9.73. The van der Waals surface area contributed by atoms with Gasteiger partial charge in [-0.25, -0.2) is 0 Å². The van der Waals surface area contributed by atoms with Crippen LogP contribution >= 0.6 is 0 Å². The standard InChI is InChI=1S/C12H14BNO2/c1-12(2,3)11-15-13(16-11)10-7-5-4-6-9(10)8-14/h4-7,11H,1-3H3. The summed E-state index contributed by atoms with van der Waals surface area (Å²) in [4.78, 5) is 0. The van der Waals surface area contributed by atoms with Gasteiger partial charge in [0, 0.05) is 10.9 Å². The molecule has 0 aromatic heterocycles. The summed E-state index contributed by atoms with van der Waals surface area (Å²) >= 11 is 0. The van der Waals surface area contributed by atoms with Crippen molar-refractivity contribution in [3.05, 3.63) is 29.8 Å². The minimum atomic E-state index is -0.389. The first-order valence-corrected chi connectivity index (χ1v) is 5.32. The fourth-order valence-electron chi connectivity index (χ4n) is 1.59. The van der Waals surface area contributed by atoms with Crippen LogP contribution in [0.3, 0.4) is 0 Å². The van der Waals surface area contributed by atoms with E-state index < -0.39 is 0 Å². The summed E-state index contributed by atoms with van der Waals surface area (Å²) in [6.07, 6.45) is -0.191. The average Bonchev–Trinajstić information content (AvgIpc) is 2.14. The molecule has 1 heterocycles. The van der Waals surface area contributed by atoms with Crippen LogP contribution in [0.25, 0.3) is 0 Å². The highest BCUT2D eigenvalue weighted by atomic mass is 16.8. The minimum Gasteiger partial charge on any atom is -0.382 e. The van der Waals surface area contributed by atoms with Gasteiger partial charge >= 0.3 is 7.12 Å². The smallest absolute Gasteiger partial charge is 0.382 e. The normalized spacial score (nSPS) is 16.8. The third kappa shape index (κ3) is 1.97. The summed E-state index contributed by atoms with van der Waals surface area (Å²) in [6.45, 7) is 6.18. The highest BCUT2D eigenvalue weighted by Gasteiger charge is 2.45. The summed E-state index contributed by atoms with van der Waals surface area (Å²) in [5, 5.41) is 8.95. The third-order valence-electron chi connectivity index (χ3n) is 2.54. The Bertz CT molecular complexity index is 427. The Kier molecular flexibility index (Phi) is 2.75. The van der Waals surface area contributed by atoms with Crippen molar-refractivity contribution in [1.29, 1.82) is 5.26 Å². The molecule has 16 heavy (non-hydrogen) atoms. The largest absolute Gasteiger partial charge is 0.498 e. The van der Waals surface area contributed by atoms with Gasteiger partial charge < -0.3 is 9.31 Å². The Labute approximate surface area is 96.1 Å². The Morgan fingerprint density at radius 2 is 1.88 bits per heavy atom. The van der Waals surface area contributed by atoms with Gasteiger partial charge in [0.25, 0.3) is 0 Å². The molecule has 82 valence electrons. The van der Waals surface area contributed by atoms with Gasteiger partial charge in [0.05, 0.1) is 11.6 Å². The number of rotatable bonds is 1. The van der Waals surface area contributed by atoms with E-state index in [-0.39, 0.29) is 18.8 Å². The second kappa shape index (κ2) is 3.93. The van der Waals surface area contributed by atoms with Crippen LogP contribution in [-0.2, 0) is 9.31 Å². The number of benzene rings is 1. The molecule has 0 atom stereocenters. The molecule has 0 unspecified atom stereocenters. The average molecular weight is 215 g/mol. The first-order chi connectivity index (χ1) is 7.52. The molecule has 1 aliphatic heterocycles. The molecule has 1 fully saturated rings. The predicted octanol–water partition coefficient (Wildman–Crippen LogP) is 1.67. The molecule has 4 heteroatoms. The molecule has 1 aromatic rings. The number of nitrogens with zero attached hydrogens (tertiary/aromatic N) is 1. The number of hydrogen-bond acceptors (Lipinski definition) is 3. The van der Waals surface area contributed by atoms with Gasteiger partial charge in [0.15, 0.2) is 0 Å². The van der Waals surface area contributed by atoms with Gasteiger partial charge in [0.1, 0.15) is 6.29 Å². The topological polar surface area (TPSA) is 42.2 Å². The van der Waals surface area contributed by atoms with E-state index in [4.69, 9.17) is 14.6 Å². The van der Waals surface area contributed by atoms with Crippen molar-refractivity contribution in [3.8, 4) is 6.07 Å². The van der Waals surface area contributed by atoms with Crippen molar-refractivity contribution in [2.75, 3.05) is 0 Å². The lowest BCUT2D eigenvalue weighted by molar-refractivity contribution is -0.167. The Hall–Kier alpha value is -1.31. The van der Waals surface area contributed by atoms with E-state index in [0.29, 0.717) is 5.56 Å². The zero-order valence-corrected chi connectivity index (χ0v) is 9.73. The molecule has 0 spiro atoms. The summed E-state index contributed by atoms with van der Waals surface area (Å²) in [6, 6.07) is 9.49. The third-order valence-corrected chi connectivity index (χ3v) is 2.54. The van der Waals surface area contributed by atoms with E-state index in [9.17, 15) is 0 Å². The maximum atomic E-state index is 8.95. The quantitative estimate of drug-likeness (QED) is 0.669. The first kappa shape index (κ1) is 11.2. The van der Waals surface area contributed by atoms with E-state index in [1.165, 1.54) is 0 Å². The van der Waals surface area contributed by atoms with Crippen molar-refractivity contribution >= 4 is 12.6 Å².